The lowest BCUT2D eigenvalue weighted by Gasteiger charge is -2.33. The Bertz CT molecular complexity index is 578. The van der Waals surface area contributed by atoms with Gasteiger partial charge in [-0.2, -0.15) is 0 Å². The summed E-state index contributed by atoms with van der Waals surface area (Å²) in [5.74, 6) is -0.522. The number of piperidine rings is 1. The number of aryl methyl sites for hydroxylation is 1. The molecule has 1 aliphatic carbocycles. The maximum atomic E-state index is 12.5. The van der Waals surface area contributed by atoms with Gasteiger partial charge in [-0.05, 0) is 38.2 Å². The van der Waals surface area contributed by atoms with E-state index in [1.165, 1.54) is 5.56 Å². The largest absolute Gasteiger partial charge is 0.369 e. The Morgan fingerprint density at radius 3 is 2.55 bits per heavy atom. The van der Waals surface area contributed by atoms with E-state index in [-0.39, 0.29) is 23.4 Å². The van der Waals surface area contributed by atoms with Gasteiger partial charge >= 0.3 is 6.03 Å². The van der Waals surface area contributed by atoms with E-state index in [0.29, 0.717) is 13.1 Å². The molecule has 0 spiro atoms. The Kier molecular flexibility index (Phi) is 3.81. The van der Waals surface area contributed by atoms with E-state index in [2.05, 4.69) is 36.5 Å². The summed E-state index contributed by atoms with van der Waals surface area (Å²) in [6, 6.07) is 8.25. The van der Waals surface area contributed by atoms with Crippen molar-refractivity contribution < 1.29 is 9.59 Å². The van der Waals surface area contributed by atoms with Crippen molar-refractivity contribution in [3.05, 3.63) is 35.4 Å². The van der Waals surface area contributed by atoms with Gasteiger partial charge in [-0.3, -0.25) is 4.79 Å². The maximum absolute atomic E-state index is 12.5. The number of nitrogens with two attached hydrogens (primary N) is 1. The maximum Gasteiger partial charge on any atom is 0.318 e. The van der Waals surface area contributed by atoms with Gasteiger partial charge in [-0.1, -0.05) is 29.8 Å². The number of carbonyl (C=O) groups is 2. The van der Waals surface area contributed by atoms with Crippen LogP contribution in [-0.2, 0) is 10.3 Å². The van der Waals surface area contributed by atoms with E-state index in [1.54, 1.807) is 4.90 Å². The van der Waals surface area contributed by atoms with E-state index in [4.69, 9.17) is 5.73 Å². The van der Waals surface area contributed by atoms with E-state index in [1.807, 2.05) is 0 Å². The van der Waals surface area contributed by atoms with Crippen molar-refractivity contribution in [1.82, 2.24) is 10.2 Å². The molecule has 5 nitrogen and oxygen atoms in total. The summed E-state index contributed by atoms with van der Waals surface area (Å²) in [6.07, 6.45) is 3.55. The van der Waals surface area contributed by atoms with Crippen molar-refractivity contribution in [3.8, 4) is 0 Å². The molecule has 1 heterocycles. The summed E-state index contributed by atoms with van der Waals surface area (Å²) < 4.78 is 0. The van der Waals surface area contributed by atoms with Crippen molar-refractivity contribution in [2.45, 2.75) is 38.1 Å². The number of amides is 3. The topological polar surface area (TPSA) is 75.4 Å². The van der Waals surface area contributed by atoms with Crippen molar-refractivity contribution in [1.29, 1.82) is 0 Å². The zero-order chi connectivity index (χ0) is 15.7. The fraction of sp³-hybridized carbons (Fsp3) is 0.529. The van der Waals surface area contributed by atoms with E-state index < -0.39 is 0 Å². The smallest absolute Gasteiger partial charge is 0.318 e. The average Bonchev–Trinajstić information content (AvgIpc) is 3.28. The SMILES string of the molecule is Cc1ccc(C2(NC(=O)N3CCC[C@@H](C(N)=O)C3)CC2)cc1. The van der Waals surface area contributed by atoms with Crippen LogP contribution in [0.4, 0.5) is 4.79 Å². The highest BCUT2D eigenvalue weighted by molar-refractivity contribution is 5.80. The molecule has 1 aromatic rings. The highest BCUT2D eigenvalue weighted by atomic mass is 16.2. The van der Waals surface area contributed by atoms with Crippen LogP contribution in [0.2, 0.25) is 0 Å². The molecule has 1 saturated heterocycles. The fourth-order valence-electron chi connectivity index (χ4n) is 3.16. The predicted molar refractivity (Wildman–Crippen MR) is 84.1 cm³/mol. The van der Waals surface area contributed by atoms with Gasteiger partial charge in [0.2, 0.25) is 5.91 Å². The number of rotatable bonds is 3. The summed E-state index contributed by atoms with van der Waals surface area (Å²) >= 11 is 0. The molecule has 1 aromatic carbocycles. The number of hydrogen-bond donors (Lipinski definition) is 2. The van der Waals surface area contributed by atoms with Crippen molar-refractivity contribution in [3.63, 3.8) is 0 Å². The van der Waals surface area contributed by atoms with Crippen LogP contribution in [0.25, 0.3) is 0 Å². The molecule has 1 aliphatic heterocycles. The summed E-state index contributed by atoms with van der Waals surface area (Å²) in [5.41, 5.74) is 7.54. The lowest BCUT2D eigenvalue weighted by Crippen LogP contribution is -2.50. The number of primary amides is 1. The number of nitrogens with zero attached hydrogens (tertiary/aromatic N) is 1. The molecule has 0 unspecified atom stereocenters. The standard InChI is InChI=1S/C17H23N3O2/c1-12-4-6-14(7-5-12)17(8-9-17)19-16(22)20-10-2-3-13(11-20)15(18)21/h4-7,13H,2-3,8-11H2,1H3,(H2,18,21)(H,19,22)/t13-/m1/s1. The molecule has 1 saturated carbocycles. The summed E-state index contributed by atoms with van der Waals surface area (Å²) in [7, 11) is 0. The Morgan fingerprint density at radius 1 is 1.27 bits per heavy atom. The molecule has 0 radical (unpaired) electrons. The van der Waals surface area contributed by atoms with E-state index in [0.717, 1.165) is 31.2 Å². The predicted octanol–water partition coefficient (Wildman–Crippen LogP) is 1.89. The minimum absolute atomic E-state index is 0.0796. The molecule has 3 N–H and O–H groups in total. The third-order valence-corrected chi connectivity index (χ3v) is 4.81. The molecular weight excluding hydrogens is 278 g/mol. The quantitative estimate of drug-likeness (QED) is 0.894. The third-order valence-electron chi connectivity index (χ3n) is 4.81. The molecule has 0 aromatic heterocycles. The van der Waals surface area contributed by atoms with E-state index >= 15 is 0 Å². The van der Waals surface area contributed by atoms with Crippen molar-refractivity contribution >= 4 is 11.9 Å². The van der Waals surface area contributed by atoms with Crippen LogP contribution in [0.15, 0.2) is 24.3 Å². The molecule has 1 atom stereocenters. The average molecular weight is 301 g/mol. The van der Waals surface area contributed by atoms with Gasteiger partial charge < -0.3 is 16.0 Å². The van der Waals surface area contributed by atoms with Gasteiger partial charge in [0.05, 0.1) is 11.5 Å². The van der Waals surface area contributed by atoms with Gasteiger partial charge in [0.15, 0.2) is 0 Å². The Balaban J connectivity index is 1.66. The molecule has 22 heavy (non-hydrogen) atoms. The van der Waals surface area contributed by atoms with Crippen LogP contribution in [0.5, 0.6) is 0 Å². The van der Waals surface area contributed by atoms with Gasteiger partial charge in [-0.15, -0.1) is 0 Å². The molecule has 2 fully saturated rings. The third kappa shape index (κ3) is 2.93. The molecule has 3 rings (SSSR count). The van der Waals surface area contributed by atoms with E-state index in [9.17, 15) is 9.59 Å². The summed E-state index contributed by atoms with van der Waals surface area (Å²) in [5, 5.41) is 3.17. The van der Waals surface area contributed by atoms with Crippen LogP contribution >= 0.6 is 0 Å². The van der Waals surface area contributed by atoms with Crippen LogP contribution in [0, 0.1) is 12.8 Å². The van der Waals surface area contributed by atoms with Gasteiger partial charge in [0.1, 0.15) is 0 Å². The number of nitrogens with one attached hydrogen (secondary N) is 1. The highest BCUT2D eigenvalue weighted by Gasteiger charge is 2.46. The summed E-state index contributed by atoms with van der Waals surface area (Å²) in [4.78, 5) is 25.6. The Morgan fingerprint density at radius 2 is 1.95 bits per heavy atom. The molecule has 2 aliphatic rings. The van der Waals surface area contributed by atoms with Gasteiger partial charge in [0, 0.05) is 13.1 Å². The number of benzene rings is 1. The number of hydrogen-bond acceptors (Lipinski definition) is 2. The molecular formula is C17H23N3O2. The molecule has 3 amide bonds. The second-order valence-electron chi connectivity index (χ2n) is 6.57. The van der Waals surface area contributed by atoms with Crippen LogP contribution < -0.4 is 11.1 Å². The van der Waals surface area contributed by atoms with Crippen LogP contribution in [0.3, 0.4) is 0 Å². The lowest BCUT2D eigenvalue weighted by atomic mass is 9.97. The Hall–Kier alpha value is -2.04. The number of likely N-dealkylation sites (tertiary alicyclic amines) is 1. The second-order valence-corrected chi connectivity index (χ2v) is 6.57. The van der Waals surface area contributed by atoms with Crippen LogP contribution in [0.1, 0.15) is 36.8 Å². The van der Waals surface area contributed by atoms with Gasteiger partial charge in [-0.25, -0.2) is 4.79 Å². The molecule has 5 heteroatoms. The number of urea groups is 1. The molecule has 0 bridgehead atoms. The molecule has 118 valence electrons. The van der Waals surface area contributed by atoms with Crippen molar-refractivity contribution in [2.24, 2.45) is 11.7 Å². The monoisotopic (exact) mass is 301 g/mol. The minimum atomic E-state index is -0.308. The fourth-order valence-corrected chi connectivity index (χ4v) is 3.16. The second kappa shape index (κ2) is 5.63. The van der Waals surface area contributed by atoms with Crippen LogP contribution in [-0.4, -0.2) is 29.9 Å². The van der Waals surface area contributed by atoms with Crippen molar-refractivity contribution in [2.75, 3.05) is 13.1 Å². The zero-order valence-electron chi connectivity index (χ0n) is 13.0. The first-order valence-corrected chi connectivity index (χ1v) is 7.94. The Labute approximate surface area is 130 Å². The number of carbonyl (C=O) groups excluding carboxylic acids is 2. The minimum Gasteiger partial charge on any atom is -0.369 e. The van der Waals surface area contributed by atoms with Gasteiger partial charge in [0.25, 0.3) is 0 Å². The first kappa shape index (κ1) is 14.9. The zero-order valence-corrected chi connectivity index (χ0v) is 13.0. The first-order valence-electron chi connectivity index (χ1n) is 7.94. The lowest BCUT2D eigenvalue weighted by molar-refractivity contribution is -0.123. The first-order chi connectivity index (χ1) is 10.5. The summed E-state index contributed by atoms with van der Waals surface area (Å²) in [6.45, 7) is 3.18. The normalized spacial score (nSPS) is 23.0. The highest BCUT2D eigenvalue weighted by Crippen LogP contribution is 2.45.